The van der Waals surface area contributed by atoms with Crippen molar-refractivity contribution in [1.82, 2.24) is 19.8 Å². The molecule has 0 atom stereocenters. The van der Waals surface area contributed by atoms with Gasteiger partial charge in [0, 0.05) is 11.5 Å². The second-order valence-corrected chi connectivity index (χ2v) is 9.12. The van der Waals surface area contributed by atoms with Crippen molar-refractivity contribution in [3.63, 3.8) is 0 Å². The minimum atomic E-state index is -4.11. The Morgan fingerprint density at radius 1 is 0.971 bits per heavy atom. The van der Waals surface area contributed by atoms with Gasteiger partial charge >= 0.3 is 0 Å². The van der Waals surface area contributed by atoms with Crippen molar-refractivity contribution >= 4 is 37.9 Å². The zero-order chi connectivity index (χ0) is 23.9. The molecule has 0 saturated heterocycles. The molecule has 2 aromatic heterocycles. The van der Waals surface area contributed by atoms with Gasteiger partial charge in [-0.05, 0) is 48.5 Å². The number of para-hydroxylation sites is 1. The fraction of sp³-hybridized carbons (Fsp3) is 0.0870. The van der Waals surface area contributed by atoms with Crippen LogP contribution in [0.4, 0.5) is 15.9 Å². The molecular weight excluding hydrogens is 461 g/mol. The Balaban J connectivity index is 1.71. The van der Waals surface area contributed by atoms with Crippen LogP contribution in [-0.2, 0) is 9.84 Å². The number of aromatic nitrogens is 4. The highest BCUT2D eigenvalue weighted by Crippen LogP contribution is 2.34. The number of rotatable bonds is 6. The fourth-order valence-corrected chi connectivity index (χ4v) is 4.80. The van der Waals surface area contributed by atoms with Gasteiger partial charge in [0.05, 0.1) is 30.3 Å². The van der Waals surface area contributed by atoms with Crippen LogP contribution >= 0.6 is 0 Å². The Bertz CT molecular complexity index is 1640. The summed E-state index contributed by atoms with van der Waals surface area (Å²) < 4.78 is 52.0. The molecule has 5 aromatic rings. The van der Waals surface area contributed by atoms with Crippen LogP contribution in [0.3, 0.4) is 0 Å². The minimum Gasteiger partial charge on any atom is -0.497 e. The molecule has 172 valence electrons. The minimum absolute atomic E-state index is 0.0259. The zero-order valence-corrected chi connectivity index (χ0v) is 18.9. The first kappa shape index (κ1) is 21.6. The lowest BCUT2D eigenvalue weighted by Crippen LogP contribution is -2.06. The van der Waals surface area contributed by atoms with Crippen LogP contribution in [0.5, 0.6) is 11.5 Å². The van der Waals surface area contributed by atoms with Gasteiger partial charge in [0.2, 0.25) is 14.9 Å². The summed E-state index contributed by atoms with van der Waals surface area (Å²) in [6, 6.07) is 17.0. The highest BCUT2D eigenvalue weighted by atomic mass is 32.2. The number of sulfone groups is 1. The van der Waals surface area contributed by atoms with Gasteiger partial charge in [0.15, 0.2) is 5.65 Å². The predicted molar refractivity (Wildman–Crippen MR) is 123 cm³/mol. The van der Waals surface area contributed by atoms with E-state index in [9.17, 15) is 12.8 Å². The van der Waals surface area contributed by atoms with E-state index in [0.29, 0.717) is 33.9 Å². The average molecular weight is 479 g/mol. The first-order chi connectivity index (χ1) is 16.4. The molecule has 0 saturated carbocycles. The summed E-state index contributed by atoms with van der Waals surface area (Å²) in [5.74, 6) is 0.958. The van der Waals surface area contributed by atoms with Crippen LogP contribution in [0.2, 0.25) is 0 Å². The van der Waals surface area contributed by atoms with Crippen LogP contribution in [-0.4, -0.2) is 42.4 Å². The van der Waals surface area contributed by atoms with Crippen molar-refractivity contribution in [2.24, 2.45) is 0 Å². The van der Waals surface area contributed by atoms with Crippen molar-refractivity contribution < 1.29 is 22.3 Å². The largest absolute Gasteiger partial charge is 0.497 e. The first-order valence-corrected chi connectivity index (χ1v) is 11.5. The molecule has 0 bridgehead atoms. The van der Waals surface area contributed by atoms with Gasteiger partial charge < -0.3 is 14.8 Å². The van der Waals surface area contributed by atoms with Gasteiger partial charge in [-0.25, -0.2) is 17.8 Å². The molecule has 0 unspecified atom stereocenters. The number of hydrogen-bond donors (Lipinski definition) is 1. The van der Waals surface area contributed by atoms with E-state index in [1.807, 2.05) is 12.1 Å². The normalized spacial score (nSPS) is 11.6. The molecule has 2 heterocycles. The summed E-state index contributed by atoms with van der Waals surface area (Å²) in [6.07, 6.45) is 0. The number of nitrogens with one attached hydrogen (secondary N) is 1. The van der Waals surface area contributed by atoms with Crippen LogP contribution in [0, 0.1) is 5.82 Å². The molecule has 9 nitrogen and oxygen atoms in total. The van der Waals surface area contributed by atoms with Gasteiger partial charge in [-0.2, -0.15) is 4.52 Å². The van der Waals surface area contributed by atoms with E-state index in [1.165, 1.54) is 23.8 Å². The molecule has 34 heavy (non-hydrogen) atoms. The van der Waals surface area contributed by atoms with Gasteiger partial charge in [-0.3, -0.25) is 0 Å². The molecule has 0 radical (unpaired) electrons. The maximum Gasteiger partial charge on any atom is 0.229 e. The molecule has 0 aliphatic carbocycles. The van der Waals surface area contributed by atoms with E-state index in [1.54, 1.807) is 37.4 Å². The lowest BCUT2D eigenvalue weighted by molar-refractivity contribution is 0.395. The Morgan fingerprint density at radius 3 is 2.47 bits per heavy atom. The molecule has 5 rings (SSSR count). The van der Waals surface area contributed by atoms with E-state index in [0.717, 1.165) is 12.1 Å². The van der Waals surface area contributed by atoms with Gasteiger partial charge in [0.25, 0.3) is 0 Å². The number of benzene rings is 3. The fourth-order valence-electron chi connectivity index (χ4n) is 3.57. The lowest BCUT2D eigenvalue weighted by atomic mass is 10.2. The van der Waals surface area contributed by atoms with Crippen LogP contribution in [0.25, 0.3) is 16.6 Å². The highest BCUT2D eigenvalue weighted by Gasteiger charge is 2.27. The third-order valence-electron chi connectivity index (χ3n) is 5.26. The molecule has 0 aliphatic rings. The van der Waals surface area contributed by atoms with Gasteiger partial charge in [-0.15, -0.1) is 5.10 Å². The van der Waals surface area contributed by atoms with Crippen LogP contribution in [0.1, 0.15) is 0 Å². The van der Waals surface area contributed by atoms with Crippen molar-refractivity contribution in [1.29, 1.82) is 0 Å². The molecule has 0 aliphatic heterocycles. The molecule has 0 spiro atoms. The molecule has 1 N–H and O–H groups in total. The molecule has 0 fully saturated rings. The summed E-state index contributed by atoms with van der Waals surface area (Å²) in [6.45, 7) is 0. The van der Waals surface area contributed by atoms with E-state index >= 15 is 0 Å². The maximum atomic E-state index is 13.3. The standard InChI is InChI=1S/C23H18FN5O4S/c1-32-15-9-12-18(20(13-15)33-2)25-21-17-5-3-4-6-19(17)29-22(26-21)23(27-28-29)34(30,31)16-10-7-14(24)8-11-16/h3-13H,1-2H3,(H,25,26). The quantitative estimate of drug-likeness (QED) is 0.364. The highest BCUT2D eigenvalue weighted by molar-refractivity contribution is 7.91. The number of anilines is 2. The first-order valence-electron chi connectivity index (χ1n) is 10.1. The zero-order valence-electron chi connectivity index (χ0n) is 18.1. The average Bonchev–Trinajstić information content (AvgIpc) is 3.29. The summed E-state index contributed by atoms with van der Waals surface area (Å²) in [5, 5.41) is 11.5. The summed E-state index contributed by atoms with van der Waals surface area (Å²) in [5.41, 5.74) is 1.22. The molecule has 11 heteroatoms. The number of ether oxygens (including phenoxy) is 2. The van der Waals surface area contributed by atoms with Crippen LogP contribution in [0.15, 0.2) is 76.7 Å². The number of fused-ring (bicyclic) bond motifs is 3. The summed E-state index contributed by atoms with van der Waals surface area (Å²) in [7, 11) is -1.02. The van der Waals surface area contributed by atoms with Crippen molar-refractivity contribution in [2.75, 3.05) is 19.5 Å². The summed E-state index contributed by atoms with van der Waals surface area (Å²) in [4.78, 5) is 4.46. The number of methoxy groups -OCH3 is 2. The number of halogens is 1. The number of nitrogens with zero attached hydrogens (tertiary/aromatic N) is 4. The Labute approximate surface area is 193 Å². The third-order valence-corrected chi connectivity index (χ3v) is 6.93. The van der Waals surface area contributed by atoms with E-state index < -0.39 is 15.7 Å². The van der Waals surface area contributed by atoms with Crippen molar-refractivity contribution in [2.45, 2.75) is 9.92 Å². The monoisotopic (exact) mass is 479 g/mol. The summed E-state index contributed by atoms with van der Waals surface area (Å²) >= 11 is 0. The SMILES string of the molecule is COc1ccc(Nc2nc3c(S(=O)(=O)c4ccc(F)cc4)nnn3c3ccccc23)c(OC)c1. The second kappa shape index (κ2) is 8.27. The van der Waals surface area contributed by atoms with Gasteiger partial charge in [-0.1, -0.05) is 17.3 Å². The Kier molecular flexibility index (Phi) is 5.25. The smallest absolute Gasteiger partial charge is 0.229 e. The molecule has 3 aromatic carbocycles. The number of hydrogen-bond acceptors (Lipinski definition) is 8. The molecular formula is C23H18FN5O4S. The van der Waals surface area contributed by atoms with Crippen molar-refractivity contribution in [3.8, 4) is 11.5 Å². The lowest BCUT2D eigenvalue weighted by Gasteiger charge is -2.14. The van der Waals surface area contributed by atoms with E-state index in [2.05, 4.69) is 20.6 Å². The van der Waals surface area contributed by atoms with Crippen LogP contribution < -0.4 is 14.8 Å². The predicted octanol–water partition coefficient (Wildman–Crippen LogP) is 4.01. The Hall–Kier alpha value is -4.25. The van der Waals surface area contributed by atoms with E-state index in [-0.39, 0.29) is 15.6 Å². The maximum absolute atomic E-state index is 13.3. The Morgan fingerprint density at radius 2 is 1.74 bits per heavy atom. The molecule has 0 amide bonds. The van der Waals surface area contributed by atoms with Gasteiger partial charge in [0.1, 0.15) is 23.1 Å². The van der Waals surface area contributed by atoms with E-state index in [4.69, 9.17) is 9.47 Å². The topological polar surface area (TPSA) is 108 Å². The second-order valence-electron chi connectivity index (χ2n) is 7.26. The van der Waals surface area contributed by atoms with Crippen molar-refractivity contribution in [3.05, 3.63) is 72.5 Å². The third kappa shape index (κ3) is 3.55.